The summed E-state index contributed by atoms with van der Waals surface area (Å²) in [6, 6.07) is 21.2. The molecule has 0 bridgehead atoms. The second-order valence-corrected chi connectivity index (χ2v) is 12.5. The summed E-state index contributed by atoms with van der Waals surface area (Å²) in [7, 11) is -5.65. The Labute approximate surface area is 140 Å². The van der Waals surface area contributed by atoms with Crippen molar-refractivity contribution in [3.63, 3.8) is 0 Å². The van der Waals surface area contributed by atoms with Gasteiger partial charge in [-0.1, -0.05) is 36.4 Å². The van der Waals surface area contributed by atoms with E-state index in [0.29, 0.717) is 12.1 Å². The average Bonchev–Trinajstić information content (AvgIpc) is 2.52. The number of rotatable bonds is 7. The van der Waals surface area contributed by atoms with Crippen LogP contribution in [0.3, 0.4) is 0 Å². The molecule has 2 aromatic rings. The predicted octanol–water partition coefficient (Wildman–Crippen LogP) is 2.37. The lowest BCUT2D eigenvalue weighted by molar-refractivity contribution is 0.227. The molecule has 0 saturated heterocycles. The van der Waals surface area contributed by atoms with Gasteiger partial charge in [0.05, 0.1) is 29.7 Å². The quantitative estimate of drug-likeness (QED) is 0.531. The van der Waals surface area contributed by atoms with Gasteiger partial charge in [0, 0.05) is 6.04 Å². The van der Waals surface area contributed by atoms with Crippen molar-refractivity contribution in [2.45, 2.75) is 32.0 Å². The first-order chi connectivity index (χ1) is 10.9. The monoisotopic (exact) mass is 349 g/mol. The summed E-state index contributed by atoms with van der Waals surface area (Å²) in [5.74, 6) is 0. The van der Waals surface area contributed by atoms with Crippen molar-refractivity contribution in [2.24, 2.45) is 0 Å². The highest BCUT2D eigenvalue weighted by Crippen LogP contribution is 2.61. The third kappa shape index (κ3) is 4.49. The molecule has 0 heterocycles. The van der Waals surface area contributed by atoms with E-state index in [-0.39, 0.29) is 6.04 Å². The van der Waals surface area contributed by atoms with Gasteiger partial charge in [-0.2, -0.15) is 0 Å². The molecule has 0 unspecified atom stereocenters. The lowest BCUT2D eigenvalue weighted by Gasteiger charge is -2.31. The zero-order valence-electron chi connectivity index (χ0n) is 13.8. The van der Waals surface area contributed by atoms with Gasteiger partial charge in [0.15, 0.2) is 0 Å². The van der Waals surface area contributed by atoms with Crippen LogP contribution in [0.15, 0.2) is 60.7 Å². The van der Waals surface area contributed by atoms with E-state index in [0.717, 1.165) is 6.16 Å². The third-order valence-electron chi connectivity index (χ3n) is 4.34. The van der Waals surface area contributed by atoms with E-state index in [2.05, 4.69) is 62.4 Å². The molecular formula is C18H26O3PSi+. The van der Waals surface area contributed by atoms with Crippen LogP contribution in [0.1, 0.15) is 20.3 Å². The van der Waals surface area contributed by atoms with Crippen LogP contribution in [0, 0.1) is 0 Å². The first kappa shape index (κ1) is 18.3. The molecule has 0 amide bonds. The molecule has 23 heavy (non-hydrogen) atoms. The van der Waals surface area contributed by atoms with Crippen molar-refractivity contribution in [3.8, 4) is 0 Å². The van der Waals surface area contributed by atoms with Gasteiger partial charge in [0.25, 0.3) is 0 Å². The summed E-state index contributed by atoms with van der Waals surface area (Å²) in [6.07, 6.45) is 1.49. The molecule has 0 aromatic heterocycles. The summed E-state index contributed by atoms with van der Waals surface area (Å²) in [5.41, 5.74) is 0.444. The van der Waals surface area contributed by atoms with Crippen molar-refractivity contribution in [3.05, 3.63) is 60.7 Å². The largest absolute Gasteiger partial charge is 0.492 e. The highest BCUT2D eigenvalue weighted by atomic mass is 31.2. The Morgan fingerprint density at radius 1 is 0.826 bits per heavy atom. The van der Waals surface area contributed by atoms with E-state index in [1.54, 1.807) is 0 Å². The van der Waals surface area contributed by atoms with Gasteiger partial charge < -0.3 is 14.4 Å². The Bertz CT molecular complexity index is 557. The van der Waals surface area contributed by atoms with Crippen LogP contribution in [-0.4, -0.2) is 35.0 Å². The molecule has 0 aliphatic rings. The molecule has 2 rings (SSSR count). The SMILES string of the molecule is CC(C)[P+](CCC[Si](O)(O)O)(c1ccccc1)c1ccccc1. The van der Waals surface area contributed by atoms with E-state index in [9.17, 15) is 14.4 Å². The molecular weight excluding hydrogens is 323 g/mol. The molecule has 0 radical (unpaired) electrons. The van der Waals surface area contributed by atoms with Gasteiger partial charge in [0.1, 0.15) is 0 Å². The maximum absolute atomic E-state index is 9.36. The fourth-order valence-electron chi connectivity index (χ4n) is 3.22. The molecule has 0 spiro atoms. The first-order valence-corrected chi connectivity index (χ1v) is 12.1. The molecule has 2 aromatic carbocycles. The second-order valence-electron chi connectivity index (χ2n) is 6.24. The highest BCUT2D eigenvalue weighted by Gasteiger charge is 2.46. The minimum atomic E-state index is -3.98. The summed E-state index contributed by atoms with van der Waals surface area (Å²) >= 11 is 0. The smallest absolute Gasteiger partial charge is 0.390 e. The standard InChI is InChI=1S/C18H26O3PSi/c1-16(2)22(14-9-15-23(19,20)21,17-10-5-3-6-11-17)18-12-7-4-8-13-18/h3-8,10-13,16,19-21H,9,14-15H2,1-2H3/q+1. The molecule has 0 fully saturated rings. The molecule has 3 nitrogen and oxygen atoms in total. The fourth-order valence-corrected chi connectivity index (χ4v) is 8.75. The van der Waals surface area contributed by atoms with E-state index < -0.39 is 16.1 Å². The lowest BCUT2D eigenvalue weighted by atomic mass is 10.4. The van der Waals surface area contributed by atoms with Gasteiger partial charge in [-0.05, 0) is 44.5 Å². The maximum Gasteiger partial charge on any atom is 0.492 e. The van der Waals surface area contributed by atoms with Crippen molar-refractivity contribution in [1.29, 1.82) is 0 Å². The molecule has 0 saturated carbocycles. The minimum Gasteiger partial charge on any atom is -0.390 e. The number of hydrogen-bond acceptors (Lipinski definition) is 3. The van der Waals surface area contributed by atoms with Gasteiger partial charge in [-0.25, -0.2) is 0 Å². The van der Waals surface area contributed by atoms with Crippen LogP contribution in [-0.2, 0) is 0 Å². The molecule has 3 N–H and O–H groups in total. The fraction of sp³-hybridized carbons (Fsp3) is 0.333. The molecule has 0 aliphatic carbocycles. The Balaban J connectivity index is 2.44. The Kier molecular flexibility index (Phi) is 6.12. The molecule has 124 valence electrons. The topological polar surface area (TPSA) is 60.7 Å². The molecule has 0 atom stereocenters. The van der Waals surface area contributed by atoms with Crippen LogP contribution < -0.4 is 10.6 Å². The van der Waals surface area contributed by atoms with Crippen molar-refractivity contribution < 1.29 is 14.4 Å². The molecule has 0 aliphatic heterocycles. The summed E-state index contributed by atoms with van der Waals surface area (Å²) in [6.45, 7) is 4.49. The van der Waals surface area contributed by atoms with Gasteiger partial charge >= 0.3 is 8.80 Å². The summed E-state index contributed by atoms with van der Waals surface area (Å²) in [4.78, 5) is 28.1. The Hall–Kier alpha value is -1.03. The lowest BCUT2D eigenvalue weighted by Crippen LogP contribution is -2.36. The predicted molar refractivity (Wildman–Crippen MR) is 101 cm³/mol. The minimum absolute atomic E-state index is 0.0984. The van der Waals surface area contributed by atoms with Crippen LogP contribution in [0.2, 0.25) is 6.04 Å². The van der Waals surface area contributed by atoms with Crippen molar-refractivity contribution >= 4 is 26.7 Å². The van der Waals surface area contributed by atoms with Crippen LogP contribution in [0.4, 0.5) is 0 Å². The number of hydrogen-bond donors (Lipinski definition) is 3. The zero-order chi connectivity index (χ0) is 16.9. The van der Waals surface area contributed by atoms with Crippen LogP contribution in [0.5, 0.6) is 0 Å². The summed E-state index contributed by atoms with van der Waals surface area (Å²) < 4.78 is 0. The van der Waals surface area contributed by atoms with E-state index in [4.69, 9.17) is 0 Å². The van der Waals surface area contributed by atoms with Gasteiger partial charge in [-0.15, -0.1) is 0 Å². The second kappa shape index (κ2) is 7.69. The molecule has 5 heteroatoms. The van der Waals surface area contributed by atoms with Crippen molar-refractivity contribution in [2.75, 3.05) is 6.16 Å². The third-order valence-corrected chi connectivity index (χ3v) is 10.6. The maximum atomic E-state index is 9.36. The number of benzene rings is 2. The van der Waals surface area contributed by atoms with Gasteiger partial charge in [-0.3, -0.25) is 0 Å². The summed E-state index contributed by atoms with van der Waals surface area (Å²) in [5, 5.41) is 2.67. The van der Waals surface area contributed by atoms with Crippen LogP contribution >= 0.6 is 7.26 Å². The van der Waals surface area contributed by atoms with Gasteiger partial charge in [0.2, 0.25) is 0 Å². The van der Waals surface area contributed by atoms with E-state index in [1.165, 1.54) is 10.6 Å². The first-order valence-electron chi connectivity index (χ1n) is 8.02. The highest BCUT2D eigenvalue weighted by molar-refractivity contribution is 7.90. The zero-order valence-corrected chi connectivity index (χ0v) is 15.7. The van der Waals surface area contributed by atoms with Crippen LogP contribution in [0.25, 0.3) is 0 Å². The van der Waals surface area contributed by atoms with Crippen molar-refractivity contribution in [1.82, 2.24) is 0 Å². The average molecular weight is 349 g/mol. The Morgan fingerprint density at radius 3 is 1.61 bits per heavy atom. The van der Waals surface area contributed by atoms with E-state index >= 15 is 0 Å². The normalized spacial score (nSPS) is 12.6. The van der Waals surface area contributed by atoms with E-state index in [1.807, 2.05) is 12.1 Å². The Morgan fingerprint density at radius 2 is 1.26 bits per heavy atom.